The van der Waals surface area contributed by atoms with Gasteiger partial charge in [-0.05, 0) is 0 Å². The Balaban J connectivity index is 1.91. The number of aromatic nitrogens is 6. The predicted octanol–water partition coefficient (Wildman–Crippen LogP) is -0.430. The predicted molar refractivity (Wildman–Crippen MR) is 40.0 cm³/mol. The molecule has 0 radical (unpaired) electrons. The number of nitrogens with zero attached hydrogens (tertiary/aromatic N) is 6. The number of aryl methyl sites for hydroxylation is 2. The van der Waals surface area contributed by atoms with Gasteiger partial charge in [0.1, 0.15) is 12.7 Å². The van der Waals surface area contributed by atoms with Crippen LogP contribution in [0.5, 0.6) is 0 Å². The molecule has 2 aromatic rings. The van der Waals surface area contributed by atoms with Gasteiger partial charge in [0.05, 0.1) is 25.5 Å². The van der Waals surface area contributed by atoms with Crippen molar-refractivity contribution >= 4 is 0 Å². The standard InChI is InChI=1S/C6H8N6/c1-2-9-12(8-1)4-3-11-6-7-5-10-11/h1-2,5-6H,3-4H2. The highest BCUT2D eigenvalue weighted by molar-refractivity contribution is 4.60. The Morgan fingerprint density at radius 3 is 2.50 bits per heavy atom. The van der Waals surface area contributed by atoms with Gasteiger partial charge in [-0.2, -0.15) is 20.1 Å². The molecular weight excluding hydrogens is 156 g/mol. The molecule has 0 spiro atoms. The molecule has 0 aliphatic carbocycles. The van der Waals surface area contributed by atoms with Crippen LogP contribution in [0.25, 0.3) is 0 Å². The van der Waals surface area contributed by atoms with Crippen LogP contribution in [0.15, 0.2) is 25.0 Å². The van der Waals surface area contributed by atoms with Gasteiger partial charge >= 0.3 is 0 Å². The van der Waals surface area contributed by atoms with E-state index < -0.39 is 0 Å². The summed E-state index contributed by atoms with van der Waals surface area (Å²) >= 11 is 0. The Labute approximate surface area is 68.8 Å². The summed E-state index contributed by atoms with van der Waals surface area (Å²) in [6.07, 6.45) is 6.49. The Morgan fingerprint density at radius 1 is 1.00 bits per heavy atom. The van der Waals surface area contributed by atoms with Crippen molar-refractivity contribution in [3.63, 3.8) is 0 Å². The first-order valence-electron chi connectivity index (χ1n) is 3.61. The lowest BCUT2D eigenvalue weighted by atomic mass is 10.6. The molecule has 0 bridgehead atoms. The molecule has 0 saturated carbocycles. The summed E-state index contributed by atoms with van der Waals surface area (Å²) < 4.78 is 1.74. The van der Waals surface area contributed by atoms with Crippen molar-refractivity contribution in [3.8, 4) is 0 Å². The molecule has 6 heteroatoms. The first-order valence-corrected chi connectivity index (χ1v) is 3.61. The Bertz CT molecular complexity index is 275. The van der Waals surface area contributed by atoms with Gasteiger partial charge < -0.3 is 0 Å². The van der Waals surface area contributed by atoms with Gasteiger partial charge in [0.15, 0.2) is 0 Å². The van der Waals surface area contributed by atoms with E-state index in [1.54, 1.807) is 28.2 Å². The maximum Gasteiger partial charge on any atom is 0.137 e. The second-order valence-electron chi connectivity index (χ2n) is 2.28. The van der Waals surface area contributed by atoms with Crippen LogP contribution in [-0.4, -0.2) is 29.8 Å². The first kappa shape index (κ1) is 6.96. The third-order valence-corrected chi connectivity index (χ3v) is 1.46. The summed E-state index contributed by atoms with van der Waals surface area (Å²) in [6, 6.07) is 0. The summed E-state index contributed by atoms with van der Waals surface area (Å²) in [5, 5.41) is 11.9. The molecule has 0 fully saturated rings. The SMILES string of the molecule is c1ncn(CCn2nccn2)n1. The monoisotopic (exact) mass is 164 g/mol. The van der Waals surface area contributed by atoms with Gasteiger partial charge in [0.25, 0.3) is 0 Å². The molecule has 0 N–H and O–H groups in total. The molecule has 0 atom stereocenters. The zero-order valence-corrected chi connectivity index (χ0v) is 6.41. The van der Waals surface area contributed by atoms with E-state index in [-0.39, 0.29) is 0 Å². The number of hydrogen-bond acceptors (Lipinski definition) is 4. The van der Waals surface area contributed by atoms with Gasteiger partial charge in [0, 0.05) is 0 Å². The molecule has 0 saturated heterocycles. The van der Waals surface area contributed by atoms with Crippen molar-refractivity contribution in [1.82, 2.24) is 29.8 Å². The lowest BCUT2D eigenvalue weighted by Gasteiger charge is -1.98. The lowest BCUT2D eigenvalue weighted by Crippen LogP contribution is -2.09. The molecule has 12 heavy (non-hydrogen) atoms. The van der Waals surface area contributed by atoms with Crippen LogP contribution in [0.3, 0.4) is 0 Å². The van der Waals surface area contributed by atoms with Crippen LogP contribution < -0.4 is 0 Å². The fourth-order valence-electron chi connectivity index (χ4n) is 0.899. The molecular formula is C6H8N6. The number of rotatable bonds is 3. The molecule has 0 aromatic carbocycles. The Morgan fingerprint density at radius 2 is 1.83 bits per heavy atom. The first-order chi connectivity index (χ1) is 5.95. The fourth-order valence-corrected chi connectivity index (χ4v) is 0.899. The summed E-state index contributed by atoms with van der Waals surface area (Å²) in [7, 11) is 0. The van der Waals surface area contributed by atoms with Crippen molar-refractivity contribution in [2.24, 2.45) is 0 Å². The van der Waals surface area contributed by atoms with Crippen molar-refractivity contribution in [3.05, 3.63) is 25.0 Å². The summed E-state index contributed by atoms with van der Waals surface area (Å²) in [5.74, 6) is 0. The van der Waals surface area contributed by atoms with Crippen LogP contribution >= 0.6 is 0 Å². The second-order valence-corrected chi connectivity index (χ2v) is 2.28. The van der Waals surface area contributed by atoms with Crippen LogP contribution in [0, 0.1) is 0 Å². The summed E-state index contributed by atoms with van der Waals surface area (Å²) in [5.41, 5.74) is 0. The maximum atomic E-state index is 3.96. The van der Waals surface area contributed by atoms with Crippen molar-refractivity contribution < 1.29 is 0 Å². The van der Waals surface area contributed by atoms with Gasteiger partial charge in [0.2, 0.25) is 0 Å². The molecule has 0 aliphatic heterocycles. The van der Waals surface area contributed by atoms with Crippen LogP contribution in [0.2, 0.25) is 0 Å². The third kappa shape index (κ3) is 1.47. The van der Waals surface area contributed by atoms with E-state index in [9.17, 15) is 0 Å². The molecule has 2 rings (SSSR count). The van der Waals surface area contributed by atoms with E-state index in [0.29, 0.717) is 0 Å². The zero-order valence-electron chi connectivity index (χ0n) is 6.41. The highest BCUT2D eigenvalue weighted by Crippen LogP contribution is 1.84. The van der Waals surface area contributed by atoms with Crippen molar-refractivity contribution in [2.45, 2.75) is 13.1 Å². The van der Waals surface area contributed by atoms with E-state index in [1.807, 2.05) is 0 Å². The minimum Gasteiger partial charge on any atom is -0.251 e. The molecule has 0 amide bonds. The van der Waals surface area contributed by atoms with Crippen molar-refractivity contribution in [1.29, 1.82) is 0 Å². The minimum absolute atomic E-state index is 0.719. The quantitative estimate of drug-likeness (QED) is 0.617. The van der Waals surface area contributed by atoms with E-state index in [1.165, 1.54) is 6.33 Å². The average molecular weight is 164 g/mol. The zero-order chi connectivity index (χ0) is 8.23. The largest absolute Gasteiger partial charge is 0.251 e. The second kappa shape index (κ2) is 3.12. The topological polar surface area (TPSA) is 61.4 Å². The molecule has 0 aliphatic rings. The minimum atomic E-state index is 0.719. The molecule has 2 heterocycles. The molecule has 6 nitrogen and oxygen atoms in total. The third-order valence-electron chi connectivity index (χ3n) is 1.46. The van der Waals surface area contributed by atoms with E-state index >= 15 is 0 Å². The van der Waals surface area contributed by atoms with E-state index in [4.69, 9.17) is 0 Å². The van der Waals surface area contributed by atoms with Crippen LogP contribution in [-0.2, 0) is 13.1 Å². The number of hydrogen-bond donors (Lipinski definition) is 0. The lowest BCUT2D eigenvalue weighted by molar-refractivity contribution is 0.457. The molecule has 0 unspecified atom stereocenters. The smallest absolute Gasteiger partial charge is 0.137 e. The van der Waals surface area contributed by atoms with E-state index in [2.05, 4.69) is 20.3 Å². The maximum absolute atomic E-state index is 3.96. The van der Waals surface area contributed by atoms with Crippen LogP contribution in [0.4, 0.5) is 0 Å². The Hall–Kier alpha value is -1.72. The summed E-state index contributed by atoms with van der Waals surface area (Å²) in [4.78, 5) is 5.44. The van der Waals surface area contributed by atoms with Crippen molar-refractivity contribution in [2.75, 3.05) is 0 Å². The Kier molecular flexibility index (Phi) is 1.81. The van der Waals surface area contributed by atoms with Gasteiger partial charge in [-0.1, -0.05) is 0 Å². The molecule has 62 valence electrons. The normalized spacial score (nSPS) is 10.3. The average Bonchev–Trinajstić information content (AvgIpc) is 2.74. The fraction of sp³-hybridized carbons (Fsp3) is 0.333. The van der Waals surface area contributed by atoms with Gasteiger partial charge in [-0.15, -0.1) is 0 Å². The highest BCUT2D eigenvalue weighted by Gasteiger charge is 1.93. The highest BCUT2D eigenvalue weighted by atomic mass is 15.5. The van der Waals surface area contributed by atoms with Gasteiger partial charge in [-0.25, -0.2) is 4.98 Å². The summed E-state index contributed by atoms with van der Waals surface area (Å²) in [6.45, 7) is 1.46. The van der Waals surface area contributed by atoms with E-state index in [0.717, 1.165) is 13.1 Å². The molecule has 2 aromatic heterocycles. The van der Waals surface area contributed by atoms with Gasteiger partial charge in [-0.3, -0.25) is 4.68 Å². The van der Waals surface area contributed by atoms with Crippen LogP contribution in [0.1, 0.15) is 0 Å².